The topological polar surface area (TPSA) is 56.0 Å². The molecular weight excluding hydrogens is 244 g/mol. The first-order valence-corrected chi connectivity index (χ1v) is 5.85. The number of rotatable bonds is 3. The van der Waals surface area contributed by atoms with Gasteiger partial charge in [-0.1, -0.05) is 23.7 Å². The third-order valence-electron chi connectivity index (χ3n) is 2.06. The summed E-state index contributed by atoms with van der Waals surface area (Å²) in [6, 6.07) is 7.33. The lowest BCUT2D eigenvalue weighted by Gasteiger charge is -1.95. The molecule has 0 aliphatic rings. The van der Waals surface area contributed by atoms with Gasteiger partial charge >= 0.3 is 0 Å². The Morgan fingerprint density at radius 3 is 2.69 bits per heavy atom. The fraction of sp³-hybridized carbons (Fsp3) is 0.0909. The molecule has 0 bridgehead atoms. The summed E-state index contributed by atoms with van der Waals surface area (Å²) < 4.78 is 0. The van der Waals surface area contributed by atoms with Crippen LogP contribution in [0.15, 0.2) is 30.5 Å². The van der Waals surface area contributed by atoms with Gasteiger partial charge in [-0.05, 0) is 12.1 Å². The quantitative estimate of drug-likeness (QED) is 0.855. The molecule has 16 heavy (non-hydrogen) atoms. The molecular formula is C11H9ClN2OS. The third kappa shape index (κ3) is 2.29. The maximum absolute atomic E-state index is 11.3. The van der Waals surface area contributed by atoms with Crippen LogP contribution < -0.4 is 5.73 Å². The minimum Gasteiger partial charge on any atom is -0.324 e. The van der Waals surface area contributed by atoms with Crippen LogP contribution in [0.1, 0.15) is 9.67 Å². The van der Waals surface area contributed by atoms with Gasteiger partial charge in [0.1, 0.15) is 5.01 Å². The smallest absolute Gasteiger partial charge is 0.187 e. The summed E-state index contributed by atoms with van der Waals surface area (Å²) in [7, 11) is 0. The van der Waals surface area contributed by atoms with Crippen molar-refractivity contribution in [2.24, 2.45) is 5.73 Å². The number of Topliss-reactive ketones (excluding diaryl/α,β-unsaturated/α-hetero) is 1. The molecule has 0 unspecified atom stereocenters. The number of ketones is 1. The van der Waals surface area contributed by atoms with E-state index in [1.807, 2.05) is 12.1 Å². The fourth-order valence-electron chi connectivity index (χ4n) is 1.23. The number of nitrogens with two attached hydrogens (primary N) is 1. The minimum atomic E-state index is -0.0855. The van der Waals surface area contributed by atoms with Crippen molar-refractivity contribution in [3.8, 4) is 10.6 Å². The first kappa shape index (κ1) is 11.3. The summed E-state index contributed by atoms with van der Waals surface area (Å²) in [4.78, 5) is 16.1. The molecule has 5 heteroatoms. The molecule has 1 aromatic heterocycles. The Morgan fingerprint density at radius 2 is 2.06 bits per heavy atom. The van der Waals surface area contributed by atoms with Crippen molar-refractivity contribution in [3.63, 3.8) is 0 Å². The maximum atomic E-state index is 11.3. The van der Waals surface area contributed by atoms with Crippen molar-refractivity contribution < 1.29 is 4.79 Å². The predicted molar refractivity (Wildman–Crippen MR) is 65.9 cm³/mol. The molecule has 2 N–H and O–H groups in total. The lowest BCUT2D eigenvalue weighted by Crippen LogP contribution is -2.11. The molecule has 0 aliphatic carbocycles. The van der Waals surface area contributed by atoms with Gasteiger partial charge in [-0.2, -0.15) is 0 Å². The number of benzene rings is 1. The Balaban J connectivity index is 2.31. The van der Waals surface area contributed by atoms with E-state index in [0.29, 0.717) is 9.90 Å². The monoisotopic (exact) mass is 252 g/mol. The first-order valence-electron chi connectivity index (χ1n) is 4.66. The number of halogens is 1. The number of hydrogen-bond donors (Lipinski definition) is 1. The van der Waals surface area contributed by atoms with Crippen LogP contribution in [0.2, 0.25) is 5.02 Å². The molecule has 0 atom stereocenters. The second-order valence-corrected chi connectivity index (χ2v) is 4.63. The molecule has 0 fully saturated rings. The SMILES string of the molecule is NCC(=O)c1cnc(-c2ccc(Cl)cc2)s1. The summed E-state index contributed by atoms with van der Waals surface area (Å²) in [5, 5.41) is 1.48. The predicted octanol–water partition coefficient (Wildman–Crippen LogP) is 2.60. The third-order valence-corrected chi connectivity index (χ3v) is 3.40. The standard InChI is InChI=1S/C11H9ClN2OS/c12-8-3-1-7(2-4-8)11-14-6-10(16-11)9(15)5-13/h1-4,6H,5,13H2. The number of carbonyl (C=O) groups is 1. The average molecular weight is 253 g/mol. The zero-order valence-corrected chi connectivity index (χ0v) is 9.89. The lowest BCUT2D eigenvalue weighted by molar-refractivity contribution is 0.100. The molecule has 0 amide bonds. The van der Waals surface area contributed by atoms with Crippen molar-refractivity contribution in [2.75, 3.05) is 6.54 Å². The van der Waals surface area contributed by atoms with Crippen molar-refractivity contribution in [2.45, 2.75) is 0 Å². The molecule has 2 aromatic rings. The van der Waals surface area contributed by atoms with E-state index >= 15 is 0 Å². The highest BCUT2D eigenvalue weighted by atomic mass is 35.5. The van der Waals surface area contributed by atoms with Gasteiger partial charge in [-0.25, -0.2) is 4.98 Å². The Labute approximate surface area is 102 Å². The van der Waals surface area contributed by atoms with Crippen LogP contribution in [0, 0.1) is 0 Å². The number of aromatic nitrogens is 1. The van der Waals surface area contributed by atoms with E-state index in [9.17, 15) is 4.79 Å². The second-order valence-electron chi connectivity index (χ2n) is 3.16. The van der Waals surface area contributed by atoms with Gasteiger partial charge in [-0.3, -0.25) is 4.79 Å². The number of carbonyl (C=O) groups excluding carboxylic acids is 1. The number of nitrogens with zero attached hydrogens (tertiary/aromatic N) is 1. The van der Waals surface area contributed by atoms with Crippen molar-refractivity contribution in [1.82, 2.24) is 4.98 Å². The van der Waals surface area contributed by atoms with Crippen LogP contribution in [0.3, 0.4) is 0 Å². The Morgan fingerprint density at radius 1 is 1.38 bits per heavy atom. The fourth-order valence-corrected chi connectivity index (χ4v) is 2.23. The van der Waals surface area contributed by atoms with Crippen LogP contribution in [0.25, 0.3) is 10.6 Å². The summed E-state index contributed by atoms with van der Waals surface area (Å²) in [6.45, 7) is 0.0161. The summed E-state index contributed by atoms with van der Waals surface area (Å²) >= 11 is 7.13. The van der Waals surface area contributed by atoms with Crippen LogP contribution in [-0.4, -0.2) is 17.3 Å². The molecule has 0 radical (unpaired) electrons. The van der Waals surface area contributed by atoms with Gasteiger partial charge in [0.2, 0.25) is 0 Å². The second kappa shape index (κ2) is 4.74. The highest BCUT2D eigenvalue weighted by Gasteiger charge is 2.09. The van der Waals surface area contributed by atoms with Crippen molar-refractivity contribution in [3.05, 3.63) is 40.4 Å². The summed E-state index contributed by atoms with van der Waals surface area (Å²) in [6.07, 6.45) is 1.56. The molecule has 1 heterocycles. The van der Waals surface area contributed by atoms with E-state index in [1.54, 1.807) is 18.3 Å². The van der Waals surface area contributed by atoms with E-state index in [4.69, 9.17) is 17.3 Å². The highest BCUT2D eigenvalue weighted by Crippen LogP contribution is 2.26. The lowest BCUT2D eigenvalue weighted by atomic mass is 10.2. The van der Waals surface area contributed by atoms with Gasteiger partial charge in [0.25, 0.3) is 0 Å². The zero-order chi connectivity index (χ0) is 11.5. The molecule has 1 aromatic carbocycles. The average Bonchev–Trinajstić information content (AvgIpc) is 2.78. The van der Waals surface area contributed by atoms with E-state index in [2.05, 4.69) is 4.98 Å². The maximum Gasteiger partial charge on any atom is 0.187 e. The Bertz CT molecular complexity index is 507. The van der Waals surface area contributed by atoms with Crippen LogP contribution in [0.5, 0.6) is 0 Å². The normalized spacial score (nSPS) is 10.4. The molecule has 0 spiro atoms. The summed E-state index contributed by atoms with van der Waals surface area (Å²) in [5.41, 5.74) is 6.23. The van der Waals surface area contributed by atoms with Crippen LogP contribution >= 0.6 is 22.9 Å². The van der Waals surface area contributed by atoms with E-state index in [0.717, 1.165) is 10.6 Å². The van der Waals surface area contributed by atoms with E-state index < -0.39 is 0 Å². The highest BCUT2D eigenvalue weighted by molar-refractivity contribution is 7.17. The molecule has 0 saturated carbocycles. The van der Waals surface area contributed by atoms with Crippen LogP contribution in [-0.2, 0) is 0 Å². The van der Waals surface area contributed by atoms with Gasteiger partial charge in [0, 0.05) is 16.8 Å². The Hall–Kier alpha value is -1.23. The van der Waals surface area contributed by atoms with Crippen molar-refractivity contribution >= 4 is 28.7 Å². The summed E-state index contributed by atoms with van der Waals surface area (Å²) in [5.74, 6) is -0.0855. The van der Waals surface area contributed by atoms with Gasteiger partial charge in [-0.15, -0.1) is 11.3 Å². The Kier molecular flexibility index (Phi) is 3.33. The molecule has 3 nitrogen and oxygen atoms in total. The van der Waals surface area contributed by atoms with Crippen LogP contribution in [0.4, 0.5) is 0 Å². The van der Waals surface area contributed by atoms with E-state index in [1.165, 1.54) is 11.3 Å². The largest absolute Gasteiger partial charge is 0.324 e. The molecule has 82 valence electrons. The molecule has 0 saturated heterocycles. The minimum absolute atomic E-state index is 0.0161. The molecule has 2 rings (SSSR count). The van der Waals surface area contributed by atoms with Crippen molar-refractivity contribution in [1.29, 1.82) is 0 Å². The first-order chi connectivity index (χ1) is 7.70. The number of hydrogen-bond acceptors (Lipinski definition) is 4. The van der Waals surface area contributed by atoms with E-state index in [-0.39, 0.29) is 12.3 Å². The van der Waals surface area contributed by atoms with Gasteiger partial charge in [0.05, 0.1) is 11.4 Å². The number of thiazole rings is 1. The van der Waals surface area contributed by atoms with Gasteiger partial charge < -0.3 is 5.73 Å². The molecule has 0 aliphatic heterocycles. The van der Waals surface area contributed by atoms with Gasteiger partial charge in [0.15, 0.2) is 5.78 Å². The zero-order valence-electron chi connectivity index (χ0n) is 8.31.